The zero-order chi connectivity index (χ0) is 37.9. The molecule has 0 bridgehead atoms. The van der Waals surface area contributed by atoms with E-state index in [1.165, 1.54) is 60.4 Å². The van der Waals surface area contributed by atoms with Crippen LogP contribution in [0.4, 0.5) is 0 Å². The first kappa shape index (κ1) is 31.6. The molecule has 0 N–H and O–H groups in total. The highest BCUT2D eigenvalue weighted by molar-refractivity contribution is 6.30. The molecule has 0 saturated carbocycles. The third kappa shape index (κ3) is 4.34. The number of hydrogen-bond acceptors (Lipinski definition) is 2. The van der Waals surface area contributed by atoms with E-state index in [2.05, 4.69) is 197 Å². The van der Waals surface area contributed by atoms with Gasteiger partial charge < -0.3 is 18.3 Å². The first-order valence-corrected chi connectivity index (χ1v) is 20.0. The maximum Gasteiger partial charge on any atom is 0.137 e. The zero-order valence-electron chi connectivity index (χ0n) is 31.3. The van der Waals surface area contributed by atoms with Crippen molar-refractivity contribution in [2.24, 2.45) is 0 Å². The lowest BCUT2D eigenvalue weighted by Crippen LogP contribution is -2.23. The van der Waals surface area contributed by atoms with E-state index in [4.69, 9.17) is 9.15 Å². The molecule has 4 heterocycles. The molecule has 8 aromatic carbocycles. The van der Waals surface area contributed by atoms with Gasteiger partial charge >= 0.3 is 0 Å². The normalized spacial score (nSPS) is 16.1. The number of rotatable bonds is 4. The van der Waals surface area contributed by atoms with Crippen molar-refractivity contribution in [3.05, 3.63) is 205 Å². The first-order chi connectivity index (χ1) is 28.8. The van der Waals surface area contributed by atoms with Gasteiger partial charge in [0.2, 0.25) is 0 Å². The van der Waals surface area contributed by atoms with Crippen LogP contribution in [-0.4, -0.2) is 15.2 Å². The molecule has 0 spiro atoms. The van der Waals surface area contributed by atoms with Crippen LogP contribution in [0.5, 0.6) is 5.75 Å². The number of nitrogens with zero attached hydrogens (tertiary/aromatic N) is 2. The van der Waals surface area contributed by atoms with Crippen molar-refractivity contribution in [3.8, 4) is 28.3 Å². The quantitative estimate of drug-likeness (QED) is 0.180. The van der Waals surface area contributed by atoms with Crippen molar-refractivity contribution in [3.63, 3.8) is 0 Å². The van der Waals surface area contributed by atoms with Crippen LogP contribution in [-0.2, 0) is 0 Å². The average molecular weight is 743 g/mol. The highest BCUT2D eigenvalue weighted by Crippen LogP contribution is 2.50. The maximum atomic E-state index is 6.85. The number of allylic oxidation sites excluding steroid dienone is 2. The van der Waals surface area contributed by atoms with Crippen molar-refractivity contribution >= 4 is 71.1 Å². The Morgan fingerprint density at radius 1 is 0.466 bits per heavy atom. The second-order valence-electron chi connectivity index (χ2n) is 15.5. The Hall–Kier alpha value is -7.56. The van der Waals surface area contributed by atoms with Gasteiger partial charge in [-0.3, -0.25) is 0 Å². The molecule has 0 saturated heterocycles. The molecule has 2 unspecified atom stereocenters. The fraction of sp³-hybridized carbons (Fsp3) is 0.0370. The van der Waals surface area contributed by atoms with Gasteiger partial charge in [-0.2, -0.15) is 0 Å². The van der Waals surface area contributed by atoms with Gasteiger partial charge in [0.15, 0.2) is 0 Å². The average Bonchev–Trinajstić information content (AvgIpc) is 4.04. The standard InChI is InChI=1S/C54H34N2O2/c1-2-14-33(15-3-1)34-16-10-17-35(32-34)55-42-24-7-4-19-40(42)52-45(55)30-31-46-53(52)51-37(39-23-11-22-38-36-18-5-8-27-47(36)58-54(38)39)21-12-25-44(51)56(46)43-26-13-29-49-50(43)41-20-6-9-28-48(41)57-49/h1-32,39,54H. The van der Waals surface area contributed by atoms with Crippen LogP contribution in [0.1, 0.15) is 17.0 Å². The summed E-state index contributed by atoms with van der Waals surface area (Å²) in [6.45, 7) is 0. The number of benzene rings is 8. The Bertz CT molecular complexity index is 3560. The van der Waals surface area contributed by atoms with Gasteiger partial charge in [-0.1, -0.05) is 133 Å². The molecular weight excluding hydrogens is 709 g/mol. The summed E-state index contributed by atoms with van der Waals surface area (Å²) in [5.74, 6) is 0.940. The molecule has 4 nitrogen and oxygen atoms in total. The number of furan rings is 1. The highest BCUT2D eigenvalue weighted by Gasteiger charge is 2.37. The van der Waals surface area contributed by atoms with Gasteiger partial charge in [-0.25, -0.2) is 0 Å². The first-order valence-electron chi connectivity index (χ1n) is 20.0. The van der Waals surface area contributed by atoms with Crippen LogP contribution >= 0.6 is 0 Å². The summed E-state index contributed by atoms with van der Waals surface area (Å²) >= 11 is 0. The number of hydrogen-bond donors (Lipinski definition) is 0. The van der Waals surface area contributed by atoms with E-state index in [9.17, 15) is 0 Å². The second kappa shape index (κ2) is 12.0. The van der Waals surface area contributed by atoms with Crippen LogP contribution in [0.2, 0.25) is 0 Å². The minimum Gasteiger partial charge on any atom is -0.484 e. The number of para-hydroxylation sites is 3. The van der Waals surface area contributed by atoms with E-state index < -0.39 is 0 Å². The van der Waals surface area contributed by atoms with Gasteiger partial charge in [-0.05, 0) is 77.4 Å². The maximum absolute atomic E-state index is 6.85. The Morgan fingerprint density at radius 2 is 1.17 bits per heavy atom. The monoisotopic (exact) mass is 742 g/mol. The molecular formula is C54H34N2O2. The molecule has 1 aliphatic heterocycles. The van der Waals surface area contributed by atoms with Crippen LogP contribution < -0.4 is 4.74 Å². The summed E-state index contributed by atoms with van der Waals surface area (Å²) < 4.78 is 18.3. The number of fused-ring (bicyclic) bond motifs is 13. The van der Waals surface area contributed by atoms with Crippen LogP contribution in [0.15, 0.2) is 199 Å². The van der Waals surface area contributed by atoms with Gasteiger partial charge in [-0.15, -0.1) is 0 Å². The van der Waals surface area contributed by atoms with Crippen molar-refractivity contribution in [2.45, 2.75) is 12.0 Å². The van der Waals surface area contributed by atoms with Crippen LogP contribution in [0.3, 0.4) is 0 Å². The Morgan fingerprint density at radius 3 is 2.10 bits per heavy atom. The Kier molecular flexibility index (Phi) is 6.53. The molecule has 0 radical (unpaired) electrons. The number of ether oxygens (including phenoxy) is 1. The molecule has 58 heavy (non-hydrogen) atoms. The van der Waals surface area contributed by atoms with Gasteiger partial charge in [0, 0.05) is 49.7 Å². The Balaban J connectivity index is 1.16. The second-order valence-corrected chi connectivity index (χ2v) is 15.5. The van der Waals surface area contributed by atoms with Crippen molar-refractivity contribution < 1.29 is 9.15 Å². The summed E-state index contributed by atoms with van der Waals surface area (Å²) in [6.07, 6.45) is 6.66. The largest absolute Gasteiger partial charge is 0.484 e. The van der Waals surface area contributed by atoms with E-state index in [1.54, 1.807) is 0 Å². The van der Waals surface area contributed by atoms with Crippen molar-refractivity contribution in [1.29, 1.82) is 0 Å². The van der Waals surface area contributed by atoms with Crippen LogP contribution in [0, 0.1) is 0 Å². The lowest BCUT2D eigenvalue weighted by molar-refractivity contribution is 0.259. The van der Waals surface area contributed by atoms with Gasteiger partial charge in [0.1, 0.15) is 23.0 Å². The molecule has 0 fully saturated rings. The number of aromatic nitrogens is 2. The van der Waals surface area contributed by atoms with E-state index in [1.807, 2.05) is 6.07 Å². The van der Waals surface area contributed by atoms with Crippen LogP contribution in [0.25, 0.3) is 93.6 Å². The lowest BCUT2D eigenvalue weighted by atomic mass is 9.82. The minimum absolute atomic E-state index is 0.00754. The van der Waals surface area contributed by atoms with Crippen molar-refractivity contribution in [1.82, 2.24) is 9.13 Å². The molecule has 3 aromatic heterocycles. The SMILES string of the molecule is C1=CC(c2cccc3c2c2c4c5ccccc5n(-c5cccc(-c6ccccc6)c5)c4ccc2n3-c2cccc3oc4ccccc4c23)C2Oc3ccccc3C2=C1. The van der Waals surface area contributed by atoms with E-state index in [0.29, 0.717) is 0 Å². The molecule has 13 rings (SSSR count). The minimum atomic E-state index is -0.131. The molecule has 11 aromatic rings. The highest BCUT2D eigenvalue weighted by atomic mass is 16.5. The predicted molar refractivity (Wildman–Crippen MR) is 239 cm³/mol. The topological polar surface area (TPSA) is 32.2 Å². The summed E-state index contributed by atoms with van der Waals surface area (Å²) in [5, 5.41) is 7.16. The zero-order valence-corrected chi connectivity index (χ0v) is 31.3. The van der Waals surface area contributed by atoms with E-state index in [0.717, 1.165) is 50.1 Å². The fourth-order valence-corrected chi connectivity index (χ4v) is 10.1. The molecule has 2 aliphatic rings. The lowest BCUT2D eigenvalue weighted by Gasteiger charge is -2.25. The fourth-order valence-electron chi connectivity index (χ4n) is 10.1. The molecule has 2 atom stereocenters. The third-order valence-electron chi connectivity index (χ3n) is 12.5. The molecule has 0 amide bonds. The Labute approximate surface area is 333 Å². The molecule has 1 aliphatic carbocycles. The summed E-state index contributed by atoms with van der Waals surface area (Å²) in [7, 11) is 0. The molecule has 4 heteroatoms. The predicted octanol–water partition coefficient (Wildman–Crippen LogP) is 13.9. The van der Waals surface area contributed by atoms with E-state index in [-0.39, 0.29) is 12.0 Å². The summed E-state index contributed by atoms with van der Waals surface area (Å²) in [5.41, 5.74) is 14.7. The summed E-state index contributed by atoms with van der Waals surface area (Å²) in [4.78, 5) is 0. The van der Waals surface area contributed by atoms with E-state index >= 15 is 0 Å². The van der Waals surface area contributed by atoms with Gasteiger partial charge in [0.05, 0.1) is 33.1 Å². The van der Waals surface area contributed by atoms with Gasteiger partial charge in [0.25, 0.3) is 0 Å². The smallest absolute Gasteiger partial charge is 0.137 e. The molecule has 272 valence electrons. The van der Waals surface area contributed by atoms with Crippen molar-refractivity contribution in [2.75, 3.05) is 0 Å². The summed E-state index contributed by atoms with van der Waals surface area (Å²) in [6, 6.07) is 63.3. The third-order valence-corrected chi connectivity index (χ3v) is 12.5.